The standard InChI is InChI=1S/C31H23N7O2/c1-20(35-30(39)28-29(32)36-26-11-6-16-34-38(26)28)25-19-23-8-5-7-22(13-12-21-14-17-33-18-15-21)27(23)31(40)37(25)24-9-3-2-4-10-24/h2-11,14-20H,32H2,1H3,(H,35,39)/t20-/m1/s1. The zero-order valence-electron chi connectivity index (χ0n) is 21.4. The van der Waals surface area contributed by atoms with Gasteiger partial charge in [-0.3, -0.25) is 19.1 Å². The number of aromatic nitrogens is 5. The van der Waals surface area contributed by atoms with Crippen molar-refractivity contribution in [3.05, 3.63) is 130 Å². The maximum Gasteiger partial charge on any atom is 0.274 e. The van der Waals surface area contributed by atoms with Gasteiger partial charge in [-0.1, -0.05) is 42.2 Å². The number of nitrogen functional groups attached to an aromatic ring is 1. The molecule has 40 heavy (non-hydrogen) atoms. The molecule has 9 nitrogen and oxygen atoms in total. The Labute approximate surface area is 228 Å². The van der Waals surface area contributed by atoms with E-state index in [0.717, 1.165) is 5.56 Å². The second kappa shape index (κ2) is 10.2. The molecule has 0 radical (unpaired) electrons. The third-order valence-electron chi connectivity index (χ3n) is 6.54. The number of amides is 1. The van der Waals surface area contributed by atoms with Crippen molar-refractivity contribution >= 4 is 28.1 Å². The lowest BCUT2D eigenvalue weighted by Crippen LogP contribution is -2.33. The van der Waals surface area contributed by atoms with Crippen LogP contribution in [0.4, 0.5) is 5.82 Å². The van der Waals surface area contributed by atoms with Crippen molar-refractivity contribution in [3.8, 4) is 17.5 Å². The zero-order chi connectivity index (χ0) is 27.6. The molecule has 3 N–H and O–H groups in total. The molecule has 1 amide bonds. The van der Waals surface area contributed by atoms with Crippen LogP contribution in [0.1, 0.15) is 40.3 Å². The van der Waals surface area contributed by atoms with E-state index >= 15 is 0 Å². The second-order valence-corrected chi connectivity index (χ2v) is 9.14. The Hall–Kier alpha value is -5.75. The van der Waals surface area contributed by atoms with Crippen LogP contribution in [-0.4, -0.2) is 30.1 Å². The quantitative estimate of drug-likeness (QED) is 0.337. The highest BCUT2D eigenvalue weighted by atomic mass is 16.2. The van der Waals surface area contributed by atoms with Crippen molar-refractivity contribution in [2.75, 3.05) is 5.73 Å². The minimum absolute atomic E-state index is 0.0692. The molecule has 0 unspecified atom stereocenters. The summed E-state index contributed by atoms with van der Waals surface area (Å²) >= 11 is 0. The molecule has 0 aliphatic carbocycles. The number of imidazole rings is 1. The number of nitrogens with one attached hydrogen (secondary N) is 1. The van der Waals surface area contributed by atoms with E-state index in [4.69, 9.17) is 5.73 Å². The third kappa shape index (κ3) is 4.44. The van der Waals surface area contributed by atoms with Crippen LogP contribution in [-0.2, 0) is 0 Å². The summed E-state index contributed by atoms with van der Waals surface area (Å²) in [5.74, 6) is 5.88. The van der Waals surface area contributed by atoms with Gasteiger partial charge in [0.05, 0.1) is 11.4 Å². The van der Waals surface area contributed by atoms with Gasteiger partial charge >= 0.3 is 0 Å². The van der Waals surface area contributed by atoms with Crippen molar-refractivity contribution in [2.45, 2.75) is 13.0 Å². The first kappa shape index (κ1) is 24.6. The minimum Gasteiger partial charge on any atom is -0.382 e. The van der Waals surface area contributed by atoms with Crippen LogP contribution in [0.5, 0.6) is 0 Å². The molecule has 6 rings (SSSR count). The van der Waals surface area contributed by atoms with Gasteiger partial charge in [0.1, 0.15) is 0 Å². The number of carbonyl (C=O) groups is 1. The number of carbonyl (C=O) groups excluding carboxylic acids is 1. The number of anilines is 1. The lowest BCUT2D eigenvalue weighted by atomic mass is 10.0. The molecule has 0 saturated heterocycles. The van der Waals surface area contributed by atoms with Gasteiger partial charge in [-0.05, 0) is 60.8 Å². The number of fused-ring (bicyclic) bond motifs is 2. The average molecular weight is 526 g/mol. The molecule has 2 aromatic carbocycles. The molecule has 0 aliphatic heterocycles. The molecular formula is C31H23N7O2. The van der Waals surface area contributed by atoms with Crippen molar-refractivity contribution in [1.29, 1.82) is 0 Å². The summed E-state index contributed by atoms with van der Waals surface area (Å²) in [6.07, 6.45) is 4.90. The smallest absolute Gasteiger partial charge is 0.274 e. The Kier molecular flexibility index (Phi) is 6.26. The number of nitrogens with zero attached hydrogens (tertiary/aromatic N) is 5. The second-order valence-electron chi connectivity index (χ2n) is 9.14. The number of pyridine rings is 2. The normalized spacial score (nSPS) is 11.6. The highest BCUT2D eigenvalue weighted by molar-refractivity contribution is 5.98. The maximum atomic E-state index is 14.2. The molecular weight excluding hydrogens is 502 g/mol. The first-order chi connectivity index (χ1) is 19.5. The van der Waals surface area contributed by atoms with Crippen LogP contribution in [0.25, 0.3) is 22.1 Å². The molecule has 0 spiro atoms. The number of benzene rings is 2. The summed E-state index contributed by atoms with van der Waals surface area (Å²) in [4.78, 5) is 35.8. The first-order valence-electron chi connectivity index (χ1n) is 12.6. The van der Waals surface area contributed by atoms with Crippen LogP contribution in [0.2, 0.25) is 0 Å². The lowest BCUT2D eigenvalue weighted by molar-refractivity contribution is 0.0932. The number of hydrogen-bond donors (Lipinski definition) is 2. The van der Waals surface area contributed by atoms with Crippen LogP contribution in [0, 0.1) is 11.8 Å². The lowest BCUT2D eigenvalue weighted by Gasteiger charge is -2.21. The van der Waals surface area contributed by atoms with Gasteiger partial charge in [0.25, 0.3) is 11.5 Å². The number of rotatable bonds is 4. The fourth-order valence-corrected chi connectivity index (χ4v) is 4.68. The Balaban J connectivity index is 1.48. The average Bonchev–Trinajstić information content (AvgIpc) is 3.32. The van der Waals surface area contributed by atoms with Crippen molar-refractivity contribution in [2.24, 2.45) is 0 Å². The predicted octanol–water partition coefficient (Wildman–Crippen LogP) is 3.90. The molecule has 0 aliphatic rings. The topological polar surface area (TPSA) is 120 Å². The summed E-state index contributed by atoms with van der Waals surface area (Å²) in [5.41, 5.74) is 9.09. The summed E-state index contributed by atoms with van der Waals surface area (Å²) in [5, 5.41) is 8.40. The molecule has 0 saturated carbocycles. The fraction of sp³-hybridized carbons (Fsp3) is 0.0645. The summed E-state index contributed by atoms with van der Waals surface area (Å²) in [6.45, 7) is 1.82. The maximum absolute atomic E-state index is 14.2. The van der Waals surface area contributed by atoms with Crippen LogP contribution in [0.3, 0.4) is 0 Å². The van der Waals surface area contributed by atoms with Crippen LogP contribution < -0.4 is 16.6 Å². The van der Waals surface area contributed by atoms with Gasteiger partial charge < -0.3 is 11.1 Å². The van der Waals surface area contributed by atoms with Gasteiger partial charge in [0.2, 0.25) is 0 Å². The summed E-state index contributed by atoms with van der Waals surface area (Å²) in [7, 11) is 0. The van der Waals surface area contributed by atoms with Gasteiger partial charge in [-0.15, -0.1) is 0 Å². The Morgan fingerprint density at radius 1 is 0.950 bits per heavy atom. The minimum atomic E-state index is -0.579. The monoisotopic (exact) mass is 525 g/mol. The largest absolute Gasteiger partial charge is 0.382 e. The molecule has 4 heterocycles. The van der Waals surface area contributed by atoms with Crippen molar-refractivity contribution < 1.29 is 4.79 Å². The molecule has 0 fully saturated rings. The van der Waals surface area contributed by atoms with Gasteiger partial charge in [0.15, 0.2) is 17.2 Å². The Bertz CT molecular complexity index is 2000. The number of hydrogen-bond acceptors (Lipinski definition) is 6. The molecule has 4 aromatic heterocycles. The van der Waals surface area contributed by atoms with E-state index < -0.39 is 11.9 Å². The number of para-hydroxylation sites is 1. The van der Waals surface area contributed by atoms with Gasteiger partial charge in [0, 0.05) is 41.1 Å². The molecule has 6 aromatic rings. The SMILES string of the molecule is C[C@@H](NC(=O)c1c(N)nc2cccnn12)c1cc2cccc(C#Cc3ccncc3)c2c(=O)n1-c1ccccc1. The van der Waals surface area contributed by atoms with E-state index in [9.17, 15) is 9.59 Å². The van der Waals surface area contributed by atoms with E-state index in [1.165, 1.54) is 4.52 Å². The van der Waals surface area contributed by atoms with Crippen molar-refractivity contribution in [1.82, 2.24) is 29.5 Å². The molecule has 194 valence electrons. The van der Waals surface area contributed by atoms with Gasteiger partial charge in [-0.2, -0.15) is 5.10 Å². The Morgan fingerprint density at radius 2 is 1.75 bits per heavy atom. The van der Waals surface area contributed by atoms with Crippen LogP contribution >= 0.6 is 0 Å². The third-order valence-corrected chi connectivity index (χ3v) is 6.54. The van der Waals surface area contributed by atoms with Gasteiger partial charge in [-0.25, -0.2) is 9.50 Å². The summed E-state index contributed by atoms with van der Waals surface area (Å²) < 4.78 is 3.01. The summed E-state index contributed by atoms with van der Waals surface area (Å²) in [6, 6.07) is 23.3. The zero-order valence-corrected chi connectivity index (χ0v) is 21.4. The molecule has 1 atom stereocenters. The van der Waals surface area contributed by atoms with E-state index in [1.54, 1.807) is 35.3 Å². The molecule has 0 bridgehead atoms. The van der Waals surface area contributed by atoms with E-state index in [2.05, 4.69) is 32.2 Å². The Morgan fingerprint density at radius 3 is 2.55 bits per heavy atom. The highest BCUT2D eigenvalue weighted by Crippen LogP contribution is 2.24. The van der Waals surface area contributed by atoms with E-state index in [0.29, 0.717) is 33.4 Å². The number of nitrogens with two attached hydrogens (primary N) is 1. The van der Waals surface area contributed by atoms with Crippen molar-refractivity contribution in [3.63, 3.8) is 0 Å². The molecule has 9 heteroatoms. The van der Waals surface area contributed by atoms with Crippen LogP contribution in [0.15, 0.2) is 102 Å². The highest BCUT2D eigenvalue weighted by Gasteiger charge is 2.23. The van der Waals surface area contributed by atoms with E-state index in [-0.39, 0.29) is 17.1 Å². The van der Waals surface area contributed by atoms with E-state index in [1.807, 2.05) is 73.7 Å². The fourth-order valence-electron chi connectivity index (χ4n) is 4.68. The first-order valence-corrected chi connectivity index (χ1v) is 12.6. The predicted molar refractivity (Wildman–Crippen MR) is 153 cm³/mol.